The molecule has 2 aliphatic rings. The summed E-state index contributed by atoms with van der Waals surface area (Å²) in [4.78, 5) is 12.9. The summed E-state index contributed by atoms with van der Waals surface area (Å²) in [7, 11) is -3.54. The van der Waals surface area contributed by atoms with E-state index in [4.69, 9.17) is 9.47 Å². The predicted octanol–water partition coefficient (Wildman–Crippen LogP) is 4.04. The molecule has 0 bridgehead atoms. The van der Waals surface area contributed by atoms with Crippen molar-refractivity contribution in [3.63, 3.8) is 0 Å². The van der Waals surface area contributed by atoms with Gasteiger partial charge in [0.1, 0.15) is 13.2 Å². The molecule has 0 aromatic heterocycles. The van der Waals surface area contributed by atoms with Crippen molar-refractivity contribution in [2.45, 2.75) is 30.6 Å². The average Bonchev–Trinajstić information content (AvgIpc) is 3.04. The lowest BCUT2D eigenvalue weighted by Gasteiger charge is -2.20. The molecule has 0 atom stereocenters. The van der Waals surface area contributed by atoms with Crippen molar-refractivity contribution in [1.82, 2.24) is 4.31 Å². The van der Waals surface area contributed by atoms with Crippen LogP contribution in [0, 0.1) is 0 Å². The molecule has 0 aliphatic carbocycles. The van der Waals surface area contributed by atoms with Gasteiger partial charge in [-0.25, -0.2) is 8.42 Å². The first kappa shape index (κ1) is 21.1. The van der Waals surface area contributed by atoms with Crippen LogP contribution >= 0.6 is 15.9 Å². The number of anilines is 1. The molecule has 7 nitrogen and oxygen atoms in total. The number of carbonyl (C=O) groups is 1. The van der Waals surface area contributed by atoms with E-state index in [1.54, 1.807) is 16.4 Å². The smallest absolute Gasteiger partial charge is 0.255 e. The predicted molar refractivity (Wildman–Crippen MR) is 117 cm³/mol. The van der Waals surface area contributed by atoms with Gasteiger partial charge in [0.25, 0.3) is 5.91 Å². The average molecular weight is 495 g/mol. The van der Waals surface area contributed by atoms with E-state index in [0.29, 0.717) is 53.5 Å². The van der Waals surface area contributed by atoms with E-state index in [1.807, 2.05) is 0 Å². The van der Waals surface area contributed by atoms with E-state index in [9.17, 15) is 13.2 Å². The first-order chi connectivity index (χ1) is 14.4. The summed E-state index contributed by atoms with van der Waals surface area (Å²) < 4.78 is 39.1. The summed E-state index contributed by atoms with van der Waals surface area (Å²) >= 11 is 3.43. The summed E-state index contributed by atoms with van der Waals surface area (Å²) in [5.74, 6) is 0.846. The second kappa shape index (κ2) is 8.95. The monoisotopic (exact) mass is 494 g/mol. The molecule has 2 aromatic rings. The molecule has 160 valence electrons. The fourth-order valence-corrected chi connectivity index (χ4v) is 5.50. The van der Waals surface area contributed by atoms with E-state index in [1.165, 1.54) is 24.3 Å². The highest BCUT2D eigenvalue weighted by molar-refractivity contribution is 9.10. The number of halogens is 1. The maximum absolute atomic E-state index is 12.9. The Hall–Kier alpha value is -2.10. The summed E-state index contributed by atoms with van der Waals surface area (Å²) in [5, 5.41) is 2.83. The van der Waals surface area contributed by atoms with Gasteiger partial charge in [-0.05, 0) is 53.0 Å². The van der Waals surface area contributed by atoms with E-state index >= 15 is 0 Å². The Kier molecular flexibility index (Phi) is 6.31. The maximum atomic E-state index is 12.9. The summed E-state index contributed by atoms with van der Waals surface area (Å²) in [6, 6.07) is 9.51. The van der Waals surface area contributed by atoms with Crippen LogP contribution in [0.25, 0.3) is 0 Å². The Morgan fingerprint density at radius 3 is 2.17 bits per heavy atom. The fourth-order valence-electron chi connectivity index (χ4n) is 3.56. The molecule has 30 heavy (non-hydrogen) atoms. The van der Waals surface area contributed by atoms with Crippen molar-refractivity contribution < 1.29 is 22.7 Å². The molecule has 1 fully saturated rings. The highest BCUT2D eigenvalue weighted by Crippen LogP contribution is 2.38. The Morgan fingerprint density at radius 2 is 1.53 bits per heavy atom. The molecule has 4 rings (SSSR count). The zero-order chi connectivity index (χ0) is 21.1. The van der Waals surface area contributed by atoms with Gasteiger partial charge in [0.2, 0.25) is 10.0 Å². The van der Waals surface area contributed by atoms with E-state index in [0.717, 1.165) is 25.7 Å². The third kappa shape index (κ3) is 4.48. The second-order valence-corrected chi connectivity index (χ2v) is 10.1. The molecule has 0 radical (unpaired) electrons. The molecule has 0 spiro atoms. The first-order valence-electron chi connectivity index (χ1n) is 9.96. The minimum atomic E-state index is -3.54. The Labute approximate surface area is 184 Å². The third-order valence-electron chi connectivity index (χ3n) is 5.20. The fraction of sp³-hybridized carbons (Fsp3) is 0.381. The van der Waals surface area contributed by atoms with Crippen molar-refractivity contribution in [3.8, 4) is 11.5 Å². The number of sulfonamides is 1. The van der Waals surface area contributed by atoms with Crippen LogP contribution in [0.3, 0.4) is 0 Å². The number of amides is 1. The summed E-state index contributed by atoms with van der Waals surface area (Å²) in [6.07, 6.45) is 3.87. The van der Waals surface area contributed by atoms with Crippen LogP contribution in [0.4, 0.5) is 5.69 Å². The lowest BCUT2D eigenvalue weighted by Crippen LogP contribution is -2.31. The molecular weight excluding hydrogens is 472 g/mol. The first-order valence-corrected chi connectivity index (χ1v) is 12.2. The number of carbonyl (C=O) groups excluding carboxylic acids is 1. The molecular formula is C21H23BrN2O5S. The van der Waals surface area contributed by atoms with Gasteiger partial charge in [-0.15, -0.1) is 0 Å². The Balaban J connectivity index is 1.49. The number of fused-ring (bicyclic) bond motifs is 1. The number of nitrogens with one attached hydrogen (secondary N) is 1. The molecule has 1 amide bonds. The van der Waals surface area contributed by atoms with Crippen molar-refractivity contribution in [2.24, 2.45) is 0 Å². The minimum Gasteiger partial charge on any atom is -0.486 e. The van der Waals surface area contributed by atoms with Crippen LogP contribution < -0.4 is 14.8 Å². The SMILES string of the molecule is O=C(Nc1cc2c(cc1Br)OCCO2)c1ccc(S(=O)(=O)N2CCCCCC2)cc1. The van der Waals surface area contributed by atoms with Gasteiger partial charge in [-0.1, -0.05) is 12.8 Å². The van der Waals surface area contributed by atoms with Gasteiger partial charge in [0.15, 0.2) is 11.5 Å². The number of hydrogen-bond donors (Lipinski definition) is 1. The maximum Gasteiger partial charge on any atom is 0.255 e. The Bertz CT molecular complexity index is 1030. The zero-order valence-electron chi connectivity index (χ0n) is 16.4. The largest absolute Gasteiger partial charge is 0.486 e. The molecule has 9 heteroatoms. The lowest BCUT2D eigenvalue weighted by molar-refractivity contribution is 0.102. The zero-order valence-corrected chi connectivity index (χ0v) is 18.8. The van der Waals surface area contributed by atoms with Crippen LogP contribution in [-0.2, 0) is 10.0 Å². The van der Waals surface area contributed by atoms with Crippen molar-refractivity contribution in [3.05, 3.63) is 46.4 Å². The van der Waals surface area contributed by atoms with Crippen LogP contribution in [0.2, 0.25) is 0 Å². The number of rotatable bonds is 4. The van der Waals surface area contributed by atoms with Gasteiger partial charge in [-0.3, -0.25) is 4.79 Å². The summed E-state index contributed by atoms with van der Waals surface area (Å²) in [5.41, 5.74) is 0.914. The van der Waals surface area contributed by atoms with Gasteiger partial charge in [0.05, 0.1) is 10.6 Å². The van der Waals surface area contributed by atoms with Gasteiger partial charge in [0, 0.05) is 35.3 Å². The number of nitrogens with zero attached hydrogens (tertiary/aromatic N) is 1. The van der Waals surface area contributed by atoms with Crippen LogP contribution in [0.15, 0.2) is 45.8 Å². The molecule has 2 aliphatic heterocycles. The van der Waals surface area contributed by atoms with Gasteiger partial charge >= 0.3 is 0 Å². The highest BCUT2D eigenvalue weighted by atomic mass is 79.9. The molecule has 0 unspecified atom stereocenters. The third-order valence-corrected chi connectivity index (χ3v) is 7.77. The van der Waals surface area contributed by atoms with Crippen molar-refractivity contribution in [2.75, 3.05) is 31.6 Å². The standard InChI is InChI=1S/C21H23BrN2O5S/c22-17-13-19-20(29-12-11-28-19)14-18(17)23-21(25)15-5-7-16(8-6-15)30(26,27)24-9-3-1-2-4-10-24/h5-8,13-14H,1-4,9-12H2,(H,23,25). The molecule has 1 N–H and O–H groups in total. The molecule has 0 saturated carbocycles. The molecule has 1 saturated heterocycles. The van der Waals surface area contributed by atoms with Crippen LogP contribution in [0.5, 0.6) is 11.5 Å². The Morgan fingerprint density at radius 1 is 0.933 bits per heavy atom. The van der Waals surface area contributed by atoms with Crippen molar-refractivity contribution >= 4 is 37.5 Å². The number of benzene rings is 2. The highest BCUT2D eigenvalue weighted by Gasteiger charge is 2.25. The molecule has 2 heterocycles. The quantitative estimate of drug-likeness (QED) is 0.693. The van der Waals surface area contributed by atoms with Gasteiger partial charge in [-0.2, -0.15) is 4.31 Å². The van der Waals surface area contributed by atoms with Gasteiger partial charge < -0.3 is 14.8 Å². The lowest BCUT2D eigenvalue weighted by atomic mass is 10.2. The van der Waals surface area contributed by atoms with Crippen molar-refractivity contribution in [1.29, 1.82) is 0 Å². The van der Waals surface area contributed by atoms with E-state index < -0.39 is 10.0 Å². The summed E-state index contributed by atoms with van der Waals surface area (Å²) in [6.45, 7) is 2.03. The second-order valence-electron chi connectivity index (χ2n) is 7.27. The number of hydrogen-bond acceptors (Lipinski definition) is 5. The topological polar surface area (TPSA) is 84.9 Å². The minimum absolute atomic E-state index is 0.210. The number of ether oxygens (including phenoxy) is 2. The molecule has 2 aromatic carbocycles. The van der Waals surface area contributed by atoms with Crippen LogP contribution in [-0.4, -0.2) is 44.9 Å². The normalized spacial score (nSPS) is 17.2. The van der Waals surface area contributed by atoms with Crippen LogP contribution in [0.1, 0.15) is 36.0 Å². The van der Waals surface area contributed by atoms with E-state index in [-0.39, 0.29) is 10.8 Å². The van der Waals surface area contributed by atoms with E-state index in [2.05, 4.69) is 21.2 Å².